The third kappa shape index (κ3) is 5.00. The molecule has 0 aromatic heterocycles. The van der Waals surface area contributed by atoms with E-state index in [1.807, 2.05) is 0 Å². The Morgan fingerprint density at radius 2 is 1.66 bits per heavy atom. The van der Waals surface area contributed by atoms with E-state index in [-0.39, 0.29) is 22.2 Å². The van der Waals surface area contributed by atoms with Gasteiger partial charge in [0.2, 0.25) is 0 Å². The number of nitrogens with zero attached hydrogens (tertiary/aromatic N) is 1. The first-order valence-electron chi connectivity index (χ1n) is 9.04. The quantitative estimate of drug-likeness (QED) is 0.645. The Morgan fingerprint density at radius 1 is 0.966 bits per heavy atom. The second-order valence-electron chi connectivity index (χ2n) is 6.47. The molecular weight excluding hydrogens is 391 g/mol. The third-order valence-corrected chi connectivity index (χ3v) is 6.27. The summed E-state index contributed by atoms with van der Waals surface area (Å²) in [7, 11) is -2.33. The maximum atomic E-state index is 12.9. The molecule has 7 heteroatoms. The summed E-state index contributed by atoms with van der Waals surface area (Å²) >= 11 is 0. The lowest BCUT2D eigenvalue weighted by Gasteiger charge is -2.19. The molecule has 1 amide bonds. The molecule has 1 N–H and O–H groups in total. The first-order valence-corrected chi connectivity index (χ1v) is 10.5. The fourth-order valence-electron chi connectivity index (χ4n) is 2.81. The van der Waals surface area contributed by atoms with Gasteiger partial charge in [-0.25, -0.2) is 12.8 Å². The molecule has 3 aromatic rings. The highest BCUT2D eigenvalue weighted by atomic mass is 32.2. The highest BCUT2D eigenvalue weighted by molar-refractivity contribution is 7.92. The van der Waals surface area contributed by atoms with Crippen molar-refractivity contribution in [2.24, 2.45) is 0 Å². The largest absolute Gasteiger partial charge is 0.352 e. The number of nitrogens with one attached hydrogen (secondary N) is 1. The molecule has 0 aliphatic rings. The number of amides is 1. The summed E-state index contributed by atoms with van der Waals surface area (Å²) < 4.78 is 39.9. The lowest BCUT2D eigenvalue weighted by molar-refractivity contribution is 0.0954. The molecule has 3 rings (SSSR count). The molecule has 0 aliphatic heterocycles. The van der Waals surface area contributed by atoms with Gasteiger partial charge in [0.05, 0.1) is 10.6 Å². The van der Waals surface area contributed by atoms with Gasteiger partial charge in [-0.15, -0.1) is 0 Å². The van der Waals surface area contributed by atoms with Crippen LogP contribution in [0.2, 0.25) is 0 Å². The number of carbonyl (C=O) groups is 1. The van der Waals surface area contributed by atoms with Crippen molar-refractivity contribution in [3.05, 3.63) is 95.8 Å². The van der Waals surface area contributed by atoms with Crippen LogP contribution in [-0.2, 0) is 16.4 Å². The minimum absolute atomic E-state index is 0.0371. The van der Waals surface area contributed by atoms with Crippen LogP contribution in [0, 0.1) is 5.82 Å². The lowest BCUT2D eigenvalue weighted by atomic mass is 10.1. The molecular formula is C22H21FN2O3S. The highest BCUT2D eigenvalue weighted by Crippen LogP contribution is 2.22. The SMILES string of the molecule is CN(c1ccccc1)S(=O)(=O)c1cccc(C(=O)NCCc2ccc(F)cc2)c1. The van der Waals surface area contributed by atoms with Crippen LogP contribution in [0.15, 0.2) is 83.8 Å². The van der Waals surface area contributed by atoms with Crippen LogP contribution in [-0.4, -0.2) is 27.9 Å². The van der Waals surface area contributed by atoms with E-state index in [4.69, 9.17) is 0 Å². The van der Waals surface area contributed by atoms with Gasteiger partial charge in [0.15, 0.2) is 0 Å². The van der Waals surface area contributed by atoms with E-state index in [9.17, 15) is 17.6 Å². The first-order chi connectivity index (χ1) is 13.9. The monoisotopic (exact) mass is 412 g/mol. The average molecular weight is 412 g/mol. The fourth-order valence-corrected chi connectivity index (χ4v) is 4.05. The van der Waals surface area contributed by atoms with Crippen LogP contribution < -0.4 is 9.62 Å². The van der Waals surface area contributed by atoms with Gasteiger partial charge in [0.1, 0.15) is 5.82 Å². The summed E-state index contributed by atoms with van der Waals surface area (Å²) in [6, 6.07) is 20.7. The molecule has 0 fully saturated rings. The van der Waals surface area contributed by atoms with E-state index in [0.29, 0.717) is 18.7 Å². The Bertz CT molecular complexity index is 1080. The number of anilines is 1. The molecule has 0 spiro atoms. The molecule has 0 saturated heterocycles. The highest BCUT2D eigenvalue weighted by Gasteiger charge is 2.22. The van der Waals surface area contributed by atoms with Gasteiger partial charge in [-0.1, -0.05) is 36.4 Å². The Morgan fingerprint density at radius 3 is 2.34 bits per heavy atom. The number of sulfonamides is 1. The van der Waals surface area contributed by atoms with Crippen molar-refractivity contribution >= 4 is 21.6 Å². The number of halogens is 1. The van der Waals surface area contributed by atoms with Crippen LogP contribution in [0.1, 0.15) is 15.9 Å². The minimum atomic E-state index is -3.80. The number of hydrogen-bond donors (Lipinski definition) is 1. The zero-order valence-corrected chi connectivity index (χ0v) is 16.7. The third-order valence-electron chi connectivity index (χ3n) is 4.49. The van der Waals surface area contributed by atoms with Crippen LogP contribution in [0.25, 0.3) is 0 Å². The van der Waals surface area contributed by atoms with Gasteiger partial charge >= 0.3 is 0 Å². The van der Waals surface area contributed by atoms with E-state index in [2.05, 4.69) is 5.32 Å². The van der Waals surface area contributed by atoms with Crippen LogP contribution in [0.4, 0.5) is 10.1 Å². The lowest BCUT2D eigenvalue weighted by Crippen LogP contribution is -2.28. The number of para-hydroxylation sites is 1. The molecule has 0 atom stereocenters. The number of carbonyl (C=O) groups excluding carboxylic acids is 1. The topological polar surface area (TPSA) is 66.5 Å². The van der Waals surface area contributed by atoms with Crippen molar-refractivity contribution in [2.45, 2.75) is 11.3 Å². The van der Waals surface area contributed by atoms with Gasteiger partial charge in [-0.3, -0.25) is 9.10 Å². The molecule has 0 radical (unpaired) electrons. The van der Waals surface area contributed by atoms with Crippen molar-refractivity contribution in [3.63, 3.8) is 0 Å². The van der Waals surface area contributed by atoms with Gasteiger partial charge in [0, 0.05) is 19.2 Å². The Labute approximate surface area is 169 Å². The normalized spacial score (nSPS) is 11.1. The van der Waals surface area contributed by atoms with Crippen molar-refractivity contribution in [3.8, 4) is 0 Å². The molecule has 0 aliphatic carbocycles. The first kappa shape index (κ1) is 20.5. The van der Waals surface area contributed by atoms with Gasteiger partial charge in [-0.05, 0) is 54.4 Å². The van der Waals surface area contributed by atoms with E-state index in [0.717, 1.165) is 5.56 Å². The molecule has 150 valence electrons. The van der Waals surface area contributed by atoms with Gasteiger partial charge < -0.3 is 5.32 Å². The second kappa shape index (κ2) is 8.87. The molecule has 0 saturated carbocycles. The summed E-state index contributed by atoms with van der Waals surface area (Å²) in [6.07, 6.45) is 0.542. The average Bonchev–Trinajstić information content (AvgIpc) is 2.75. The van der Waals surface area contributed by atoms with E-state index in [1.54, 1.807) is 54.6 Å². The Balaban J connectivity index is 1.69. The zero-order chi connectivity index (χ0) is 20.9. The van der Waals surface area contributed by atoms with Crippen molar-refractivity contribution in [1.82, 2.24) is 5.32 Å². The van der Waals surface area contributed by atoms with E-state index in [1.165, 1.54) is 35.6 Å². The summed E-state index contributed by atoms with van der Waals surface area (Å²) in [6.45, 7) is 0.353. The number of hydrogen-bond acceptors (Lipinski definition) is 3. The van der Waals surface area contributed by atoms with Crippen LogP contribution in [0.5, 0.6) is 0 Å². The predicted octanol–water partition coefficient (Wildman–Crippen LogP) is 3.62. The smallest absolute Gasteiger partial charge is 0.264 e. The molecule has 0 heterocycles. The maximum Gasteiger partial charge on any atom is 0.264 e. The molecule has 5 nitrogen and oxygen atoms in total. The van der Waals surface area contributed by atoms with Gasteiger partial charge in [0.25, 0.3) is 15.9 Å². The van der Waals surface area contributed by atoms with Crippen molar-refractivity contribution < 1.29 is 17.6 Å². The number of rotatable bonds is 7. The summed E-state index contributed by atoms with van der Waals surface area (Å²) in [4.78, 5) is 12.5. The minimum Gasteiger partial charge on any atom is -0.352 e. The van der Waals surface area contributed by atoms with Crippen LogP contribution in [0.3, 0.4) is 0 Å². The second-order valence-corrected chi connectivity index (χ2v) is 8.44. The predicted molar refractivity (Wildman–Crippen MR) is 111 cm³/mol. The van der Waals surface area contributed by atoms with Crippen molar-refractivity contribution in [2.75, 3.05) is 17.9 Å². The van der Waals surface area contributed by atoms with Crippen molar-refractivity contribution in [1.29, 1.82) is 0 Å². The summed E-state index contributed by atoms with van der Waals surface area (Å²) in [5.41, 5.74) is 1.68. The maximum absolute atomic E-state index is 12.9. The van der Waals surface area contributed by atoms with Gasteiger partial charge in [-0.2, -0.15) is 0 Å². The Kier molecular flexibility index (Phi) is 6.29. The molecule has 0 unspecified atom stereocenters. The summed E-state index contributed by atoms with van der Waals surface area (Å²) in [5, 5.41) is 2.76. The van der Waals surface area contributed by atoms with Crippen LogP contribution >= 0.6 is 0 Å². The Hall–Kier alpha value is -3.19. The van der Waals surface area contributed by atoms with E-state index >= 15 is 0 Å². The standard InChI is InChI=1S/C22H21FN2O3S/c1-25(20-7-3-2-4-8-20)29(27,28)21-9-5-6-18(16-21)22(26)24-15-14-17-10-12-19(23)13-11-17/h2-13,16H,14-15H2,1H3,(H,24,26). The molecule has 29 heavy (non-hydrogen) atoms. The fraction of sp³-hybridized carbons (Fsp3) is 0.136. The molecule has 0 bridgehead atoms. The summed E-state index contributed by atoms with van der Waals surface area (Å²) in [5.74, 6) is -0.678. The molecule has 3 aromatic carbocycles. The number of benzene rings is 3. The van der Waals surface area contributed by atoms with E-state index < -0.39 is 10.0 Å². The zero-order valence-electron chi connectivity index (χ0n) is 15.9.